The van der Waals surface area contributed by atoms with E-state index in [4.69, 9.17) is 0 Å². The molecule has 0 heterocycles. The van der Waals surface area contributed by atoms with Gasteiger partial charge in [-0.05, 0) is 25.2 Å². The standard InChI is InChI=1S/C12H21/c1-2-9-12-10-7-5-3-4-6-8-11-12/h2H,1,3-11H2. The summed E-state index contributed by atoms with van der Waals surface area (Å²) in [5.41, 5.74) is 0. The minimum atomic E-state index is 1.17. The molecule has 1 saturated carbocycles. The molecule has 0 nitrogen and oxygen atoms in total. The molecule has 0 spiro atoms. The highest BCUT2D eigenvalue weighted by atomic mass is 14.1. The largest absolute Gasteiger partial charge is 0.103 e. The van der Waals surface area contributed by atoms with Gasteiger partial charge in [-0.15, -0.1) is 6.58 Å². The maximum Gasteiger partial charge on any atom is -0.0204 e. The Balaban J connectivity index is 2.23. The van der Waals surface area contributed by atoms with Gasteiger partial charge in [0.1, 0.15) is 0 Å². The molecule has 1 aliphatic carbocycles. The first-order valence-corrected chi connectivity index (χ1v) is 5.38. The second kappa shape index (κ2) is 6.28. The van der Waals surface area contributed by atoms with Crippen molar-refractivity contribution in [2.45, 2.75) is 57.8 Å². The van der Waals surface area contributed by atoms with Crippen LogP contribution in [0.5, 0.6) is 0 Å². The van der Waals surface area contributed by atoms with Crippen LogP contribution >= 0.6 is 0 Å². The van der Waals surface area contributed by atoms with Crippen LogP contribution in [0.25, 0.3) is 0 Å². The van der Waals surface area contributed by atoms with Crippen molar-refractivity contribution in [2.24, 2.45) is 0 Å². The molecule has 0 amide bonds. The molecule has 12 heavy (non-hydrogen) atoms. The SMILES string of the molecule is C=CC[C]1CCCCCCCC1. The molecule has 1 fully saturated rings. The van der Waals surface area contributed by atoms with Crippen molar-refractivity contribution >= 4 is 0 Å². The first-order valence-electron chi connectivity index (χ1n) is 5.38. The van der Waals surface area contributed by atoms with Crippen LogP contribution in [0.15, 0.2) is 12.7 Å². The highest BCUT2D eigenvalue weighted by Crippen LogP contribution is 2.25. The van der Waals surface area contributed by atoms with Gasteiger partial charge < -0.3 is 0 Å². The van der Waals surface area contributed by atoms with Gasteiger partial charge >= 0.3 is 0 Å². The summed E-state index contributed by atoms with van der Waals surface area (Å²) in [5.74, 6) is 1.74. The summed E-state index contributed by atoms with van der Waals surface area (Å²) in [7, 11) is 0. The molecule has 0 saturated heterocycles. The fourth-order valence-electron chi connectivity index (χ4n) is 1.99. The third-order valence-corrected chi connectivity index (χ3v) is 2.74. The molecule has 1 rings (SSSR count). The Bertz CT molecular complexity index is 105. The summed E-state index contributed by atoms with van der Waals surface area (Å²) >= 11 is 0. The topological polar surface area (TPSA) is 0 Å². The third-order valence-electron chi connectivity index (χ3n) is 2.74. The zero-order valence-electron chi connectivity index (χ0n) is 8.15. The number of allylic oxidation sites excluding steroid dienone is 1. The third kappa shape index (κ3) is 3.94. The van der Waals surface area contributed by atoms with Crippen LogP contribution in [0.4, 0.5) is 0 Å². The quantitative estimate of drug-likeness (QED) is 0.536. The maximum atomic E-state index is 3.81. The van der Waals surface area contributed by atoms with Gasteiger partial charge in [-0.3, -0.25) is 0 Å². The highest BCUT2D eigenvalue weighted by Gasteiger charge is 2.08. The van der Waals surface area contributed by atoms with Gasteiger partial charge in [0.15, 0.2) is 0 Å². The minimum absolute atomic E-state index is 1.17. The Kier molecular flexibility index (Phi) is 5.14. The molecule has 0 heteroatoms. The van der Waals surface area contributed by atoms with E-state index in [0.29, 0.717) is 0 Å². The monoisotopic (exact) mass is 165 g/mol. The van der Waals surface area contributed by atoms with Crippen molar-refractivity contribution in [3.8, 4) is 0 Å². The Labute approximate surface area is 77.1 Å². The van der Waals surface area contributed by atoms with Gasteiger partial charge in [-0.25, -0.2) is 0 Å². The first kappa shape index (κ1) is 9.83. The van der Waals surface area contributed by atoms with E-state index >= 15 is 0 Å². The van der Waals surface area contributed by atoms with Crippen molar-refractivity contribution in [3.63, 3.8) is 0 Å². The predicted octanol–water partition coefficient (Wildman–Crippen LogP) is 4.27. The molecule has 0 aromatic carbocycles. The van der Waals surface area contributed by atoms with E-state index in [2.05, 4.69) is 12.7 Å². The molecule has 0 aromatic rings. The van der Waals surface area contributed by atoms with E-state index in [1.807, 2.05) is 0 Å². The van der Waals surface area contributed by atoms with Gasteiger partial charge in [-0.1, -0.05) is 44.6 Å². The summed E-state index contributed by atoms with van der Waals surface area (Å²) < 4.78 is 0. The molecule has 0 atom stereocenters. The molecule has 0 bridgehead atoms. The Morgan fingerprint density at radius 3 is 1.92 bits per heavy atom. The normalized spacial score (nSPS) is 22.3. The lowest BCUT2D eigenvalue weighted by atomic mass is 9.94. The van der Waals surface area contributed by atoms with Crippen molar-refractivity contribution in [2.75, 3.05) is 0 Å². The van der Waals surface area contributed by atoms with Crippen LogP contribution in [0.2, 0.25) is 0 Å². The average Bonchev–Trinajstić information content (AvgIpc) is 2.19. The summed E-state index contributed by atoms with van der Waals surface area (Å²) in [6.07, 6.45) is 14.6. The van der Waals surface area contributed by atoms with Gasteiger partial charge in [0, 0.05) is 0 Å². The molecule has 1 aliphatic rings. The first-order chi connectivity index (χ1) is 5.93. The minimum Gasteiger partial charge on any atom is -0.103 e. The number of hydrogen-bond donors (Lipinski definition) is 0. The number of hydrogen-bond acceptors (Lipinski definition) is 0. The van der Waals surface area contributed by atoms with E-state index in [1.165, 1.54) is 57.8 Å². The Morgan fingerprint density at radius 1 is 0.917 bits per heavy atom. The van der Waals surface area contributed by atoms with E-state index in [9.17, 15) is 0 Å². The van der Waals surface area contributed by atoms with Gasteiger partial charge in [0.2, 0.25) is 0 Å². The van der Waals surface area contributed by atoms with Crippen LogP contribution in [0.3, 0.4) is 0 Å². The fraction of sp³-hybridized carbons (Fsp3) is 0.750. The highest BCUT2D eigenvalue weighted by molar-refractivity contribution is 4.95. The summed E-state index contributed by atoms with van der Waals surface area (Å²) in [6, 6.07) is 0. The fourth-order valence-corrected chi connectivity index (χ4v) is 1.99. The molecular formula is C12H21. The lowest BCUT2D eigenvalue weighted by Gasteiger charge is -2.11. The lowest BCUT2D eigenvalue weighted by Crippen LogP contribution is -1.95. The molecule has 0 N–H and O–H groups in total. The lowest BCUT2D eigenvalue weighted by molar-refractivity contribution is 0.624. The second-order valence-electron chi connectivity index (χ2n) is 3.86. The van der Waals surface area contributed by atoms with Crippen LogP contribution in [0, 0.1) is 5.92 Å². The Morgan fingerprint density at radius 2 is 1.42 bits per heavy atom. The van der Waals surface area contributed by atoms with Crippen molar-refractivity contribution < 1.29 is 0 Å². The number of rotatable bonds is 2. The maximum absolute atomic E-state index is 3.81. The second-order valence-corrected chi connectivity index (χ2v) is 3.86. The molecule has 1 radical (unpaired) electrons. The molecule has 0 unspecified atom stereocenters. The summed E-state index contributed by atoms with van der Waals surface area (Å²) in [4.78, 5) is 0. The Hall–Kier alpha value is -0.260. The van der Waals surface area contributed by atoms with E-state index in [0.717, 1.165) is 0 Å². The van der Waals surface area contributed by atoms with Gasteiger partial charge in [0.25, 0.3) is 0 Å². The molecule has 69 valence electrons. The molecule has 0 aliphatic heterocycles. The summed E-state index contributed by atoms with van der Waals surface area (Å²) in [5, 5.41) is 0. The zero-order valence-corrected chi connectivity index (χ0v) is 8.15. The van der Waals surface area contributed by atoms with Crippen LogP contribution in [-0.2, 0) is 0 Å². The van der Waals surface area contributed by atoms with Crippen LogP contribution in [0.1, 0.15) is 57.8 Å². The van der Waals surface area contributed by atoms with E-state index < -0.39 is 0 Å². The van der Waals surface area contributed by atoms with Crippen molar-refractivity contribution in [1.29, 1.82) is 0 Å². The van der Waals surface area contributed by atoms with Crippen LogP contribution in [-0.4, -0.2) is 0 Å². The van der Waals surface area contributed by atoms with Gasteiger partial charge in [0.05, 0.1) is 0 Å². The zero-order chi connectivity index (χ0) is 8.65. The smallest absolute Gasteiger partial charge is 0.0204 e. The average molecular weight is 165 g/mol. The molecular weight excluding hydrogens is 144 g/mol. The molecule has 0 aromatic heterocycles. The van der Waals surface area contributed by atoms with Crippen LogP contribution < -0.4 is 0 Å². The van der Waals surface area contributed by atoms with E-state index in [1.54, 1.807) is 5.92 Å². The summed E-state index contributed by atoms with van der Waals surface area (Å²) in [6.45, 7) is 3.81. The predicted molar refractivity (Wildman–Crippen MR) is 55.0 cm³/mol. The van der Waals surface area contributed by atoms with Crippen molar-refractivity contribution in [3.05, 3.63) is 18.6 Å². The van der Waals surface area contributed by atoms with Gasteiger partial charge in [-0.2, -0.15) is 0 Å². The van der Waals surface area contributed by atoms with E-state index in [-0.39, 0.29) is 0 Å². The van der Waals surface area contributed by atoms with Crippen molar-refractivity contribution in [1.82, 2.24) is 0 Å².